The zero-order chi connectivity index (χ0) is 25.9. The molecule has 3 aromatic carbocycles. The number of esters is 1. The van der Waals surface area contributed by atoms with Gasteiger partial charge in [0.05, 0.1) is 12.8 Å². The standard InChI is InChI=1S/C31H34N2O3/c1-5-26(23-15-9-6-10-16-23)29(30(34)32-27(21-22(2)3)31(35)36-4)33-28(24-17-11-7-12-18-24)25-19-13-8-14-20-25/h5-20,22,26-27,29H,1,21H2,2-4H3,(H,32,34)/t26-,27+,29+/m1/s1. The average Bonchev–Trinajstić information content (AvgIpc) is 2.91. The second kappa shape index (κ2) is 13.2. The molecule has 0 unspecified atom stereocenters. The molecular formula is C31H34N2O3. The molecular weight excluding hydrogens is 448 g/mol. The van der Waals surface area contributed by atoms with Crippen LogP contribution in [0.3, 0.4) is 0 Å². The highest BCUT2D eigenvalue weighted by molar-refractivity contribution is 6.13. The summed E-state index contributed by atoms with van der Waals surface area (Å²) in [5, 5.41) is 2.92. The minimum absolute atomic E-state index is 0.185. The summed E-state index contributed by atoms with van der Waals surface area (Å²) < 4.78 is 4.98. The molecule has 1 amide bonds. The van der Waals surface area contributed by atoms with Crippen LogP contribution in [-0.2, 0) is 14.3 Å². The molecule has 0 aliphatic carbocycles. The van der Waals surface area contributed by atoms with Gasteiger partial charge in [-0.1, -0.05) is 111 Å². The highest BCUT2D eigenvalue weighted by atomic mass is 16.5. The van der Waals surface area contributed by atoms with Crippen molar-refractivity contribution < 1.29 is 14.3 Å². The fourth-order valence-corrected chi connectivity index (χ4v) is 4.16. The molecule has 5 nitrogen and oxygen atoms in total. The SMILES string of the molecule is C=C[C@H](c1ccccc1)[C@H](N=C(c1ccccc1)c1ccccc1)C(=O)N[C@@H](CC(C)C)C(=O)OC. The van der Waals surface area contributed by atoms with E-state index in [1.165, 1.54) is 7.11 Å². The van der Waals surface area contributed by atoms with Crippen molar-refractivity contribution >= 4 is 17.6 Å². The van der Waals surface area contributed by atoms with Crippen molar-refractivity contribution in [3.05, 3.63) is 120 Å². The van der Waals surface area contributed by atoms with Gasteiger partial charge in [0.15, 0.2) is 0 Å². The number of hydrogen-bond acceptors (Lipinski definition) is 4. The Labute approximate surface area is 213 Å². The molecule has 0 saturated carbocycles. The molecule has 0 fully saturated rings. The Morgan fingerprint density at radius 1 is 0.889 bits per heavy atom. The van der Waals surface area contributed by atoms with Crippen LogP contribution in [-0.4, -0.2) is 36.8 Å². The molecule has 36 heavy (non-hydrogen) atoms. The Morgan fingerprint density at radius 3 is 1.83 bits per heavy atom. The van der Waals surface area contributed by atoms with Crippen LogP contribution in [0.1, 0.15) is 42.9 Å². The van der Waals surface area contributed by atoms with Gasteiger partial charge in [0.2, 0.25) is 5.91 Å². The van der Waals surface area contributed by atoms with E-state index in [0.717, 1.165) is 16.7 Å². The number of ether oxygens (including phenoxy) is 1. The maximum Gasteiger partial charge on any atom is 0.328 e. The Balaban J connectivity index is 2.13. The van der Waals surface area contributed by atoms with Crippen molar-refractivity contribution in [1.82, 2.24) is 5.32 Å². The van der Waals surface area contributed by atoms with Gasteiger partial charge in [-0.3, -0.25) is 9.79 Å². The average molecular weight is 483 g/mol. The molecule has 0 spiro atoms. The van der Waals surface area contributed by atoms with Gasteiger partial charge in [-0.05, 0) is 17.9 Å². The minimum atomic E-state index is -0.861. The quantitative estimate of drug-likeness (QED) is 0.221. The van der Waals surface area contributed by atoms with Gasteiger partial charge in [0.25, 0.3) is 0 Å². The van der Waals surface area contributed by atoms with E-state index in [1.807, 2.05) is 105 Å². The zero-order valence-electron chi connectivity index (χ0n) is 21.1. The fourth-order valence-electron chi connectivity index (χ4n) is 4.16. The van der Waals surface area contributed by atoms with Crippen molar-refractivity contribution in [2.75, 3.05) is 7.11 Å². The summed E-state index contributed by atoms with van der Waals surface area (Å²) >= 11 is 0. The Morgan fingerprint density at radius 2 is 1.39 bits per heavy atom. The van der Waals surface area contributed by atoms with Crippen LogP contribution in [0.4, 0.5) is 0 Å². The number of rotatable bonds is 11. The topological polar surface area (TPSA) is 67.8 Å². The van der Waals surface area contributed by atoms with E-state index in [0.29, 0.717) is 12.1 Å². The van der Waals surface area contributed by atoms with E-state index >= 15 is 0 Å². The third kappa shape index (κ3) is 7.01. The predicted octanol–water partition coefficient (Wildman–Crippen LogP) is 5.57. The van der Waals surface area contributed by atoms with E-state index < -0.39 is 24.0 Å². The third-order valence-corrected chi connectivity index (χ3v) is 5.92. The van der Waals surface area contributed by atoms with Gasteiger partial charge in [-0.2, -0.15) is 0 Å². The Bertz CT molecular complexity index is 1120. The zero-order valence-corrected chi connectivity index (χ0v) is 21.1. The van der Waals surface area contributed by atoms with Crippen molar-refractivity contribution in [3.8, 4) is 0 Å². The lowest BCUT2D eigenvalue weighted by molar-refractivity contribution is -0.145. The number of carbonyl (C=O) groups is 2. The van der Waals surface area contributed by atoms with Crippen LogP contribution in [0.25, 0.3) is 0 Å². The maximum atomic E-state index is 13.9. The van der Waals surface area contributed by atoms with E-state index in [4.69, 9.17) is 9.73 Å². The molecule has 0 heterocycles. The van der Waals surface area contributed by atoms with Gasteiger partial charge < -0.3 is 10.1 Å². The van der Waals surface area contributed by atoms with Crippen molar-refractivity contribution in [3.63, 3.8) is 0 Å². The highest BCUT2D eigenvalue weighted by Crippen LogP contribution is 2.26. The minimum Gasteiger partial charge on any atom is -0.467 e. The second-order valence-corrected chi connectivity index (χ2v) is 9.04. The first-order valence-corrected chi connectivity index (χ1v) is 12.2. The van der Waals surface area contributed by atoms with E-state index in [9.17, 15) is 9.59 Å². The molecule has 0 aliphatic heterocycles. The molecule has 0 saturated heterocycles. The number of carbonyl (C=O) groups excluding carboxylic acids is 2. The molecule has 0 radical (unpaired) electrons. The molecule has 186 valence electrons. The van der Waals surface area contributed by atoms with Crippen LogP contribution in [0.2, 0.25) is 0 Å². The Kier molecular flexibility index (Phi) is 9.75. The largest absolute Gasteiger partial charge is 0.467 e. The first-order valence-electron chi connectivity index (χ1n) is 12.2. The lowest BCUT2D eigenvalue weighted by atomic mass is 9.90. The second-order valence-electron chi connectivity index (χ2n) is 9.04. The van der Waals surface area contributed by atoms with Crippen LogP contribution in [0.5, 0.6) is 0 Å². The molecule has 3 rings (SSSR count). The molecule has 0 aliphatic rings. The summed E-state index contributed by atoms with van der Waals surface area (Å²) in [6.07, 6.45) is 2.20. The van der Waals surface area contributed by atoms with Crippen molar-refractivity contribution in [2.45, 2.75) is 38.3 Å². The summed E-state index contributed by atoms with van der Waals surface area (Å²) in [5.74, 6) is -1.05. The fraction of sp³-hybridized carbons (Fsp3) is 0.258. The van der Waals surface area contributed by atoms with Gasteiger partial charge in [-0.15, -0.1) is 6.58 Å². The molecule has 1 N–H and O–H groups in total. The first-order chi connectivity index (χ1) is 17.4. The van der Waals surface area contributed by atoms with Crippen LogP contribution >= 0.6 is 0 Å². The first kappa shape index (κ1) is 26.6. The van der Waals surface area contributed by atoms with Gasteiger partial charge in [-0.25, -0.2) is 4.79 Å². The van der Waals surface area contributed by atoms with E-state index in [2.05, 4.69) is 11.9 Å². The highest BCUT2D eigenvalue weighted by Gasteiger charge is 2.32. The Hall–Kier alpha value is -3.99. The van der Waals surface area contributed by atoms with Crippen LogP contribution in [0, 0.1) is 5.92 Å². The van der Waals surface area contributed by atoms with Crippen LogP contribution < -0.4 is 5.32 Å². The van der Waals surface area contributed by atoms with Gasteiger partial charge >= 0.3 is 5.97 Å². The summed E-state index contributed by atoms with van der Waals surface area (Å²) in [6, 6.07) is 27.6. The molecule has 5 heteroatoms. The van der Waals surface area contributed by atoms with Crippen LogP contribution in [0.15, 0.2) is 109 Å². The lowest BCUT2D eigenvalue weighted by Gasteiger charge is -2.25. The summed E-state index contributed by atoms with van der Waals surface area (Å²) in [5.41, 5.74) is 3.39. The number of amides is 1. The van der Waals surface area contributed by atoms with Crippen molar-refractivity contribution in [2.24, 2.45) is 10.9 Å². The molecule has 3 atom stereocenters. The monoisotopic (exact) mass is 482 g/mol. The van der Waals surface area contributed by atoms with Gasteiger partial charge in [0, 0.05) is 17.0 Å². The third-order valence-electron chi connectivity index (χ3n) is 5.92. The van der Waals surface area contributed by atoms with Crippen molar-refractivity contribution in [1.29, 1.82) is 0 Å². The smallest absolute Gasteiger partial charge is 0.328 e. The number of nitrogens with one attached hydrogen (secondary N) is 1. The number of benzene rings is 3. The molecule has 0 aromatic heterocycles. The normalized spacial score (nSPS) is 13.2. The van der Waals surface area contributed by atoms with E-state index in [1.54, 1.807) is 6.08 Å². The number of methoxy groups -OCH3 is 1. The summed E-state index contributed by atoms with van der Waals surface area (Å²) in [6.45, 7) is 8.03. The van der Waals surface area contributed by atoms with E-state index in [-0.39, 0.29) is 11.8 Å². The molecule has 3 aromatic rings. The van der Waals surface area contributed by atoms with Gasteiger partial charge in [0.1, 0.15) is 12.1 Å². The molecule has 0 bridgehead atoms. The maximum absolute atomic E-state index is 13.9. The predicted molar refractivity (Wildman–Crippen MR) is 145 cm³/mol. The summed E-state index contributed by atoms with van der Waals surface area (Å²) in [4.78, 5) is 31.4. The number of nitrogens with zero attached hydrogens (tertiary/aromatic N) is 1. The lowest BCUT2D eigenvalue weighted by Crippen LogP contribution is -2.47. The number of aliphatic imine (C=N–C) groups is 1. The summed E-state index contributed by atoms with van der Waals surface area (Å²) in [7, 11) is 1.33. The number of hydrogen-bond donors (Lipinski definition) is 1.